The first-order valence-corrected chi connectivity index (χ1v) is 4.60. The molecule has 0 saturated carbocycles. The predicted octanol–water partition coefficient (Wildman–Crippen LogP) is 1.71. The Kier molecular flexibility index (Phi) is 1.89. The molecule has 0 aromatic heterocycles. The van der Waals surface area contributed by atoms with Crippen LogP contribution in [-0.2, 0) is 6.32 Å². The number of halogens is 1. The minimum absolute atomic E-state index is 0.601. The van der Waals surface area contributed by atoms with Crippen molar-refractivity contribution in [3.63, 3.8) is 0 Å². The second-order valence-corrected chi connectivity index (χ2v) is 3.79. The van der Waals surface area contributed by atoms with Crippen LogP contribution < -0.4 is 4.65 Å². The molecule has 0 atom stereocenters. The van der Waals surface area contributed by atoms with Gasteiger partial charge in [0.25, 0.3) is 0 Å². The lowest BCUT2D eigenvalue weighted by atomic mass is 9.85. The van der Waals surface area contributed by atoms with Crippen LogP contribution in [0.15, 0.2) is 16.6 Å². The molecular formula is C8H8BBrO2. The van der Waals surface area contributed by atoms with Gasteiger partial charge in [-0.05, 0) is 18.6 Å². The van der Waals surface area contributed by atoms with Crippen molar-refractivity contribution in [2.75, 3.05) is 0 Å². The average molecular weight is 227 g/mol. The van der Waals surface area contributed by atoms with E-state index in [4.69, 9.17) is 4.65 Å². The maximum absolute atomic E-state index is 9.23. The summed E-state index contributed by atoms with van der Waals surface area (Å²) in [5, 5.41) is 9.23. The van der Waals surface area contributed by atoms with Gasteiger partial charge in [-0.25, -0.2) is 0 Å². The largest absolute Gasteiger partial charge is 0.535 e. The highest BCUT2D eigenvalue weighted by atomic mass is 79.9. The summed E-state index contributed by atoms with van der Waals surface area (Å²) in [5.74, 6) is 0.830. The molecule has 0 fully saturated rings. The fourth-order valence-corrected chi connectivity index (χ4v) is 1.73. The third kappa shape index (κ3) is 1.15. The van der Waals surface area contributed by atoms with Crippen LogP contribution in [0, 0.1) is 6.92 Å². The van der Waals surface area contributed by atoms with Gasteiger partial charge in [-0.1, -0.05) is 22.0 Å². The highest BCUT2D eigenvalue weighted by Gasteiger charge is 2.28. The lowest BCUT2D eigenvalue weighted by Crippen LogP contribution is -2.17. The zero-order valence-electron chi connectivity index (χ0n) is 6.67. The zero-order chi connectivity index (χ0) is 8.72. The van der Waals surface area contributed by atoms with E-state index in [1.807, 2.05) is 19.1 Å². The van der Waals surface area contributed by atoms with E-state index in [0.29, 0.717) is 6.32 Å². The second-order valence-electron chi connectivity index (χ2n) is 2.94. The fraction of sp³-hybridized carbons (Fsp3) is 0.250. The Balaban J connectivity index is 2.54. The van der Waals surface area contributed by atoms with E-state index in [-0.39, 0.29) is 0 Å². The Morgan fingerprint density at radius 1 is 1.58 bits per heavy atom. The maximum Gasteiger partial charge on any atom is 0.527 e. The van der Waals surface area contributed by atoms with E-state index >= 15 is 0 Å². The van der Waals surface area contributed by atoms with E-state index < -0.39 is 7.12 Å². The lowest BCUT2D eigenvalue weighted by Gasteiger charge is -2.06. The predicted molar refractivity (Wildman–Crippen MR) is 51.2 cm³/mol. The minimum Gasteiger partial charge on any atom is -0.535 e. The van der Waals surface area contributed by atoms with Crippen molar-refractivity contribution in [1.82, 2.24) is 0 Å². The molecule has 0 aliphatic carbocycles. The Labute approximate surface area is 79.8 Å². The quantitative estimate of drug-likeness (QED) is 0.683. The first-order valence-electron chi connectivity index (χ1n) is 3.81. The summed E-state index contributed by atoms with van der Waals surface area (Å²) in [6.45, 7) is 1.97. The standard InChI is InChI=1S/C8H8BBrO2/c1-5-7(10)3-2-6-4-9(11)12-8(5)6/h2-3,11H,4H2,1H3. The van der Waals surface area contributed by atoms with Crippen LogP contribution in [0.4, 0.5) is 0 Å². The Morgan fingerprint density at radius 2 is 2.33 bits per heavy atom. The topological polar surface area (TPSA) is 29.5 Å². The van der Waals surface area contributed by atoms with E-state index in [0.717, 1.165) is 21.3 Å². The summed E-state index contributed by atoms with van der Waals surface area (Å²) in [5.41, 5.74) is 2.15. The van der Waals surface area contributed by atoms with Crippen molar-refractivity contribution in [1.29, 1.82) is 0 Å². The zero-order valence-corrected chi connectivity index (χ0v) is 8.26. The SMILES string of the molecule is Cc1c(Br)ccc2c1OB(O)C2. The van der Waals surface area contributed by atoms with Crippen LogP contribution in [-0.4, -0.2) is 12.1 Å². The van der Waals surface area contributed by atoms with Gasteiger partial charge in [0.15, 0.2) is 0 Å². The Bertz CT molecular complexity index is 327. The van der Waals surface area contributed by atoms with Crippen molar-refractivity contribution in [3.8, 4) is 5.75 Å². The molecule has 1 aliphatic rings. The van der Waals surface area contributed by atoms with Crippen LogP contribution in [0.1, 0.15) is 11.1 Å². The molecule has 0 radical (unpaired) electrons. The Hall–Kier alpha value is -0.475. The molecule has 0 unspecified atom stereocenters. The summed E-state index contributed by atoms with van der Waals surface area (Å²) in [6.07, 6.45) is 0.601. The molecule has 1 aliphatic heterocycles. The Morgan fingerprint density at radius 3 is 3.08 bits per heavy atom. The first kappa shape index (κ1) is 8.14. The van der Waals surface area contributed by atoms with Gasteiger partial charge in [-0.15, -0.1) is 0 Å². The molecule has 1 aromatic rings. The van der Waals surface area contributed by atoms with Crippen molar-refractivity contribution in [3.05, 3.63) is 27.7 Å². The minimum atomic E-state index is -0.659. The van der Waals surface area contributed by atoms with Gasteiger partial charge in [0.2, 0.25) is 0 Å². The molecule has 0 amide bonds. The van der Waals surface area contributed by atoms with Crippen molar-refractivity contribution in [2.24, 2.45) is 0 Å². The van der Waals surface area contributed by atoms with Crippen molar-refractivity contribution >= 4 is 23.0 Å². The van der Waals surface area contributed by atoms with Crippen LogP contribution >= 0.6 is 15.9 Å². The molecule has 4 heteroatoms. The number of benzene rings is 1. The van der Waals surface area contributed by atoms with Crippen LogP contribution in [0.25, 0.3) is 0 Å². The summed E-state index contributed by atoms with van der Waals surface area (Å²) in [4.78, 5) is 0. The molecule has 62 valence electrons. The third-order valence-corrected chi connectivity index (χ3v) is 2.93. The van der Waals surface area contributed by atoms with Gasteiger partial charge in [-0.2, -0.15) is 0 Å². The van der Waals surface area contributed by atoms with Gasteiger partial charge in [0, 0.05) is 16.4 Å². The summed E-state index contributed by atoms with van der Waals surface area (Å²) in [7, 11) is -0.659. The van der Waals surface area contributed by atoms with Crippen molar-refractivity contribution < 1.29 is 9.68 Å². The van der Waals surface area contributed by atoms with E-state index in [1.165, 1.54) is 0 Å². The number of fused-ring (bicyclic) bond motifs is 1. The van der Waals surface area contributed by atoms with E-state index in [1.54, 1.807) is 0 Å². The van der Waals surface area contributed by atoms with Crippen LogP contribution in [0.3, 0.4) is 0 Å². The number of hydrogen-bond acceptors (Lipinski definition) is 2. The molecule has 0 bridgehead atoms. The van der Waals surface area contributed by atoms with E-state index in [2.05, 4.69) is 15.9 Å². The lowest BCUT2D eigenvalue weighted by molar-refractivity contribution is 0.430. The summed E-state index contributed by atoms with van der Waals surface area (Å²) >= 11 is 3.41. The monoisotopic (exact) mass is 226 g/mol. The molecule has 1 aromatic carbocycles. The molecule has 0 spiro atoms. The average Bonchev–Trinajstić information content (AvgIpc) is 2.39. The number of hydrogen-bond donors (Lipinski definition) is 1. The molecule has 0 saturated heterocycles. The van der Waals surface area contributed by atoms with Gasteiger partial charge >= 0.3 is 7.12 Å². The fourth-order valence-electron chi connectivity index (χ4n) is 1.41. The third-order valence-electron chi connectivity index (χ3n) is 2.07. The summed E-state index contributed by atoms with van der Waals surface area (Å²) in [6, 6.07) is 3.96. The highest BCUT2D eigenvalue weighted by Crippen LogP contribution is 2.34. The van der Waals surface area contributed by atoms with E-state index in [9.17, 15) is 5.02 Å². The normalized spacial score (nSPS) is 14.4. The summed E-state index contributed by atoms with van der Waals surface area (Å²) < 4.78 is 6.27. The molecule has 12 heavy (non-hydrogen) atoms. The molecule has 1 heterocycles. The molecular weight excluding hydrogens is 219 g/mol. The number of rotatable bonds is 0. The van der Waals surface area contributed by atoms with Gasteiger partial charge < -0.3 is 9.68 Å². The van der Waals surface area contributed by atoms with Crippen molar-refractivity contribution in [2.45, 2.75) is 13.2 Å². The molecule has 2 nitrogen and oxygen atoms in total. The second kappa shape index (κ2) is 2.78. The first-order chi connectivity index (χ1) is 5.68. The maximum atomic E-state index is 9.23. The smallest absolute Gasteiger partial charge is 0.527 e. The molecule has 2 rings (SSSR count). The van der Waals surface area contributed by atoms with Gasteiger partial charge in [0.05, 0.1) is 0 Å². The highest BCUT2D eigenvalue weighted by molar-refractivity contribution is 9.10. The molecule has 1 N–H and O–H groups in total. The van der Waals surface area contributed by atoms with Gasteiger partial charge in [0.1, 0.15) is 5.75 Å². The van der Waals surface area contributed by atoms with Crippen LogP contribution in [0.5, 0.6) is 5.75 Å². The van der Waals surface area contributed by atoms with Crippen LogP contribution in [0.2, 0.25) is 0 Å². The van der Waals surface area contributed by atoms with Gasteiger partial charge in [-0.3, -0.25) is 0 Å².